The zero-order valence-electron chi connectivity index (χ0n) is 8.38. The van der Waals surface area contributed by atoms with E-state index in [2.05, 4.69) is 0 Å². The van der Waals surface area contributed by atoms with Gasteiger partial charge >= 0.3 is 0 Å². The first-order valence-electron chi connectivity index (χ1n) is 4.18. The highest BCUT2D eigenvalue weighted by atomic mass is 16.8. The molecule has 1 rings (SSSR count). The number of anilines is 1. The van der Waals surface area contributed by atoms with Gasteiger partial charge in [0.15, 0.2) is 0 Å². The molecule has 3 nitrogen and oxygen atoms in total. The fourth-order valence-corrected chi connectivity index (χ4v) is 1.48. The third kappa shape index (κ3) is 1.66. The molecule has 1 aromatic carbocycles. The van der Waals surface area contributed by atoms with Crippen LogP contribution in [0.2, 0.25) is 0 Å². The number of hydrogen-bond donors (Lipinski definition) is 1. The Kier molecular flexibility index (Phi) is 2.59. The molecule has 0 radical (unpaired) electrons. The molecule has 0 heterocycles. The fraction of sp³-hybridized carbons (Fsp3) is 0.400. The van der Waals surface area contributed by atoms with Gasteiger partial charge in [-0.25, -0.2) is 0 Å². The van der Waals surface area contributed by atoms with Gasteiger partial charge in [0.2, 0.25) is 0 Å². The molecule has 0 fully saturated rings. The van der Waals surface area contributed by atoms with Crippen molar-refractivity contribution in [2.24, 2.45) is 0 Å². The molecule has 0 unspecified atom stereocenters. The Morgan fingerprint density at radius 2 is 1.46 bits per heavy atom. The predicted molar refractivity (Wildman–Crippen MR) is 53.0 cm³/mol. The Hall–Kier alpha value is -1.06. The Morgan fingerprint density at radius 3 is 1.77 bits per heavy atom. The molecule has 72 valence electrons. The number of rotatable bonds is 1. The van der Waals surface area contributed by atoms with Crippen molar-refractivity contribution in [1.29, 1.82) is 0 Å². The van der Waals surface area contributed by atoms with Crippen molar-refractivity contribution in [2.75, 3.05) is 5.23 Å². The van der Waals surface area contributed by atoms with Crippen LogP contribution in [0.25, 0.3) is 0 Å². The zero-order valence-corrected chi connectivity index (χ0v) is 8.38. The third-order valence-electron chi connectivity index (χ3n) is 2.52. The Morgan fingerprint density at radius 1 is 1.08 bits per heavy atom. The number of aryl methyl sites for hydroxylation is 2. The van der Waals surface area contributed by atoms with Crippen LogP contribution in [0, 0.1) is 32.9 Å². The Labute approximate surface area is 78.1 Å². The Bertz CT molecular complexity index is 306. The van der Waals surface area contributed by atoms with Crippen molar-refractivity contribution >= 4 is 5.69 Å². The van der Waals surface area contributed by atoms with Gasteiger partial charge in [-0.05, 0) is 49.9 Å². The SMILES string of the molecule is Cc1cc(C)c(C)c(N([O-])O)c1C. The lowest BCUT2D eigenvalue weighted by Crippen LogP contribution is -2.12. The highest BCUT2D eigenvalue weighted by Gasteiger charge is 2.08. The molecule has 0 aliphatic heterocycles. The number of hydrogen-bond acceptors (Lipinski definition) is 3. The average molecular weight is 180 g/mol. The lowest BCUT2D eigenvalue weighted by molar-refractivity contribution is 0.295. The van der Waals surface area contributed by atoms with Gasteiger partial charge in [0.05, 0.1) is 5.69 Å². The summed E-state index contributed by atoms with van der Waals surface area (Å²) in [5.74, 6) is 0. The van der Waals surface area contributed by atoms with Crippen molar-refractivity contribution in [3.05, 3.63) is 33.5 Å². The molecule has 0 amide bonds. The summed E-state index contributed by atoms with van der Waals surface area (Å²) < 4.78 is 0. The molecule has 0 atom stereocenters. The van der Waals surface area contributed by atoms with E-state index in [0.717, 1.165) is 22.3 Å². The molecule has 0 spiro atoms. The molecule has 0 aromatic heterocycles. The summed E-state index contributed by atoms with van der Waals surface area (Å²) in [5.41, 5.74) is 4.08. The number of nitrogens with zero attached hydrogens (tertiary/aromatic N) is 1. The molecular formula is C10H14NO2-. The smallest absolute Gasteiger partial charge is 0.0572 e. The summed E-state index contributed by atoms with van der Waals surface area (Å²) >= 11 is 0. The molecule has 0 saturated carbocycles. The van der Waals surface area contributed by atoms with Crippen LogP contribution >= 0.6 is 0 Å². The molecule has 0 saturated heterocycles. The maximum absolute atomic E-state index is 10.9. The van der Waals surface area contributed by atoms with Crippen LogP contribution in [0.5, 0.6) is 0 Å². The molecule has 1 N–H and O–H groups in total. The van der Waals surface area contributed by atoms with Gasteiger partial charge in [-0.15, -0.1) is 0 Å². The van der Waals surface area contributed by atoms with E-state index in [1.54, 1.807) is 0 Å². The maximum atomic E-state index is 10.9. The van der Waals surface area contributed by atoms with E-state index in [4.69, 9.17) is 5.21 Å². The van der Waals surface area contributed by atoms with Crippen LogP contribution in [-0.4, -0.2) is 5.21 Å². The van der Waals surface area contributed by atoms with E-state index in [0.29, 0.717) is 5.69 Å². The second-order valence-electron chi connectivity index (χ2n) is 3.38. The quantitative estimate of drug-likeness (QED) is 0.676. The first kappa shape index (κ1) is 10.0. The molecule has 13 heavy (non-hydrogen) atoms. The standard InChI is InChI=1S/C10H14NO2/c1-6-5-7(2)9(4)10(8(6)3)11(12)13/h5,12H,1-4H3/q-1. The first-order valence-corrected chi connectivity index (χ1v) is 4.18. The van der Waals surface area contributed by atoms with Crippen molar-refractivity contribution in [2.45, 2.75) is 27.7 Å². The van der Waals surface area contributed by atoms with E-state index < -0.39 is 0 Å². The minimum absolute atomic E-state index is 0.0509. The van der Waals surface area contributed by atoms with Gasteiger partial charge in [-0.1, -0.05) is 6.07 Å². The maximum Gasteiger partial charge on any atom is 0.0572 e. The highest BCUT2D eigenvalue weighted by molar-refractivity contribution is 5.62. The summed E-state index contributed by atoms with van der Waals surface area (Å²) in [4.78, 5) is 0. The van der Waals surface area contributed by atoms with E-state index >= 15 is 0 Å². The van der Waals surface area contributed by atoms with Gasteiger partial charge in [0.1, 0.15) is 0 Å². The first-order chi connectivity index (χ1) is 5.95. The largest absolute Gasteiger partial charge is 0.733 e. The van der Waals surface area contributed by atoms with Crippen LogP contribution in [0.1, 0.15) is 22.3 Å². The topological polar surface area (TPSA) is 46.5 Å². The summed E-state index contributed by atoms with van der Waals surface area (Å²) in [6.07, 6.45) is 0. The monoisotopic (exact) mass is 180 g/mol. The average Bonchev–Trinajstić information content (AvgIpc) is 2.01. The normalized spacial score (nSPS) is 10.3. The Balaban J connectivity index is 3.46. The van der Waals surface area contributed by atoms with Crippen LogP contribution in [0.3, 0.4) is 0 Å². The number of benzene rings is 1. The molecule has 0 aliphatic carbocycles. The van der Waals surface area contributed by atoms with Gasteiger partial charge < -0.3 is 10.4 Å². The minimum Gasteiger partial charge on any atom is -0.733 e. The summed E-state index contributed by atoms with van der Waals surface area (Å²) in [6.45, 7) is 7.51. The van der Waals surface area contributed by atoms with Crippen molar-refractivity contribution in [3.8, 4) is 0 Å². The second kappa shape index (κ2) is 3.36. The summed E-state index contributed by atoms with van der Waals surface area (Å²) in [5, 5.41) is 19.7. The van der Waals surface area contributed by atoms with E-state index in [1.165, 1.54) is 0 Å². The van der Waals surface area contributed by atoms with E-state index in [9.17, 15) is 5.21 Å². The second-order valence-corrected chi connectivity index (χ2v) is 3.38. The van der Waals surface area contributed by atoms with Crippen molar-refractivity contribution in [3.63, 3.8) is 0 Å². The zero-order chi connectivity index (χ0) is 10.2. The van der Waals surface area contributed by atoms with Crippen LogP contribution < -0.4 is 5.23 Å². The lowest BCUT2D eigenvalue weighted by Gasteiger charge is -2.27. The van der Waals surface area contributed by atoms with Crippen LogP contribution in [-0.2, 0) is 0 Å². The molecular weight excluding hydrogens is 166 g/mol. The van der Waals surface area contributed by atoms with Gasteiger partial charge in [-0.3, -0.25) is 5.21 Å². The van der Waals surface area contributed by atoms with Crippen molar-refractivity contribution < 1.29 is 5.21 Å². The highest BCUT2D eigenvalue weighted by Crippen LogP contribution is 2.28. The lowest BCUT2D eigenvalue weighted by atomic mass is 9.99. The minimum atomic E-state index is -0.0509. The molecule has 1 aromatic rings. The van der Waals surface area contributed by atoms with Gasteiger partial charge in [0.25, 0.3) is 0 Å². The van der Waals surface area contributed by atoms with Crippen molar-refractivity contribution in [1.82, 2.24) is 0 Å². The van der Waals surface area contributed by atoms with E-state index in [1.807, 2.05) is 33.8 Å². The molecule has 3 heteroatoms. The van der Waals surface area contributed by atoms with Crippen LogP contribution in [0.4, 0.5) is 5.69 Å². The van der Waals surface area contributed by atoms with Crippen LogP contribution in [0.15, 0.2) is 6.07 Å². The molecule has 0 aliphatic rings. The fourth-order valence-electron chi connectivity index (χ4n) is 1.48. The van der Waals surface area contributed by atoms with Gasteiger partial charge in [-0.2, -0.15) is 0 Å². The van der Waals surface area contributed by atoms with Gasteiger partial charge in [0, 0.05) is 0 Å². The predicted octanol–water partition coefficient (Wildman–Crippen LogP) is 2.61. The van der Waals surface area contributed by atoms with E-state index in [-0.39, 0.29) is 5.23 Å². The molecule has 0 bridgehead atoms. The summed E-state index contributed by atoms with van der Waals surface area (Å²) in [6, 6.07) is 2.01. The summed E-state index contributed by atoms with van der Waals surface area (Å²) in [7, 11) is 0. The third-order valence-corrected chi connectivity index (χ3v) is 2.52.